The van der Waals surface area contributed by atoms with Crippen LogP contribution in [0.5, 0.6) is 5.75 Å². The number of rotatable bonds is 9. The number of benzene rings is 1. The van der Waals surface area contributed by atoms with Crippen molar-refractivity contribution in [3.05, 3.63) is 29.8 Å². The van der Waals surface area contributed by atoms with Gasteiger partial charge in [-0.1, -0.05) is 27.2 Å². The van der Waals surface area contributed by atoms with E-state index in [-0.39, 0.29) is 25.0 Å². The summed E-state index contributed by atoms with van der Waals surface area (Å²) in [5, 5.41) is 2.51. The molecule has 0 aromatic heterocycles. The van der Waals surface area contributed by atoms with E-state index in [4.69, 9.17) is 9.47 Å². The minimum absolute atomic E-state index is 0.193. The van der Waals surface area contributed by atoms with Crippen molar-refractivity contribution in [3.63, 3.8) is 0 Å². The minimum Gasteiger partial charge on any atom is -0.494 e. The Bertz CT molecular complexity index is 679. The molecule has 7 nitrogen and oxygen atoms in total. The van der Waals surface area contributed by atoms with Gasteiger partial charge in [0.2, 0.25) is 0 Å². The highest BCUT2D eigenvalue weighted by atomic mass is 16.5. The Morgan fingerprint density at radius 3 is 2.38 bits per heavy atom. The van der Waals surface area contributed by atoms with Gasteiger partial charge in [0.05, 0.1) is 6.61 Å². The molecule has 160 valence electrons. The molecule has 0 saturated carbocycles. The number of nitrogens with one attached hydrogen (secondary N) is 1. The van der Waals surface area contributed by atoms with Gasteiger partial charge in [-0.2, -0.15) is 0 Å². The maximum absolute atomic E-state index is 12.2. The number of amides is 2. The first-order chi connectivity index (χ1) is 13.9. The Balaban J connectivity index is 1.70. The summed E-state index contributed by atoms with van der Waals surface area (Å²) in [4.78, 5) is 38.0. The zero-order valence-corrected chi connectivity index (χ0v) is 17.6. The average molecular weight is 405 g/mol. The first-order valence-corrected chi connectivity index (χ1v) is 10.3. The van der Waals surface area contributed by atoms with Gasteiger partial charge in [0.15, 0.2) is 6.61 Å². The Labute approximate surface area is 172 Å². The van der Waals surface area contributed by atoms with Gasteiger partial charge in [-0.25, -0.2) is 0 Å². The predicted molar refractivity (Wildman–Crippen MR) is 110 cm³/mol. The van der Waals surface area contributed by atoms with Crippen molar-refractivity contribution in [1.82, 2.24) is 10.2 Å². The number of ether oxygens (including phenoxy) is 2. The van der Waals surface area contributed by atoms with Crippen LogP contribution in [0.4, 0.5) is 0 Å². The summed E-state index contributed by atoms with van der Waals surface area (Å²) < 4.78 is 10.6. The Kier molecular flexibility index (Phi) is 8.96. The lowest BCUT2D eigenvalue weighted by Gasteiger charge is -2.34. The third-order valence-electron chi connectivity index (χ3n) is 4.85. The third-order valence-corrected chi connectivity index (χ3v) is 4.85. The molecule has 1 aromatic rings. The van der Waals surface area contributed by atoms with Crippen molar-refractivity contribution in [2.75, 3.05) is 32.8 Å². The average Bonchev–Trinajstić information content (AvgIpc) is 2.70. The van der Waals surface area contributed by atoms with Gasteiger partial charge in [0, 0.05) is 18.7 Å². The van der Waals surface area contributed by atoms with E-state index in [1.807, 2.05) is 0 Å². The number of carbonyl (C=O) groups excluding carboxylic acids is 3. The van der Waals surface area contributed by atoms with Crippen LogP contribution in [0.25, 0.3) is 0 Å². The first kappa shape index (κ1) is 22.7. The monoisotopic (exact) mass is 404 g/mol. The number of unbranched alkanes of at least 4 members (excludes halogenated alkanes) is 1. The zero-order valence-electron chi connectivity index (χ0n) is 17.6. The molecule has 1 fully saturated rings. The molecule has 1 aromatic carbocycles. The van der Waals surface area contributed by atoms with Gasteiger partial charge in [0.25, 0.3) is 11.8 Å². The highest BCUT2D eigenvalue weighted by Gasteiger charge is 2.25. The second-order valence-corrected chi connectivity index (χ2v) is 7.81. The molecule has 1 aliphatic rings. The molecule has 2 amide bonds. The number of piperidine rings is 1. The van der Waals surface area contributed by atoms with Gasteiger partial charge >= 0.3 is 5.97 Å². The van der Waals surface area contributed by atoms with Crippen LogP contribution in [0.1, 0.15) is 50.4 Å². The number of hydrogen-bond donors (Lipinski definition) is 1. The smallest absolute Gasteiger partial charge is 0.325 e. The van der Waals surface area contributed by atoms with Gasteiger partial charge < -0.3 is 19.7 Å². The number of likely N-dealkylation sites (tertiary alicyclic amines) is 1. The molecular formula is C22H32N2O5. The van der Waals surface area contributed by atoms with Crippen LogP contribution in [-0.2, 0) is 14.3 Å². The Hall–Kier alpha value is -2.57. The predicted octanol–water partition coefficient (Wildman–Crippen LogP) is 2.64. The minimum atomic E-state index is -0.635. The lowest BCUT2D eigenvalue weighted by atomic mass is 9.92. The van der Waals surface area contributed by atoms with Crippen LogP contribution in [0, 0.1) is 11.8 Å². The SMILES string of the molecule is CCCCOc1ccc(C(=O)NCC(=O)OCC(=O)N2C[C@@H](C)C[C@H](C)C2)cc1. The summed E-state index contributed by atoms with van der Waals surface area (Å²) in [6.07, 6.45) is 3.13. The highest BCUT2D eigenvalue weighted by molar-refractivity contribution is 5.96. The summed E-state index contributed by atoms with van der Waals surface area (Å²) in [5.41, 5.74) is 0.424. The summed E-state index contributed by atoms with van der Waals surface area (Å²) in [6.45, 7) is 7.76. The lowest BCUT2D eigenvalue weighted by Crippen LogP contribution is -2.44. The van der Waals surface area contributed by atoms with Crippen LogP contribution in [-0.4, -0.2) is 55.5 Å². The van der Waals surface area contributed by atoms with Crippen molar-refractivity contribution in [2.45, 2.75) is 40.0 Å². The summed E-state index contributed by atoms with van der Waals surface area (Å²) in [7, 11) is 0. The van der Waals surface area contributed by atoms with Gasteiger partial charge in [-0.05, 0) is 48.9 Å². The second kappa shape index (κ2) is 11.4. The van der Waals surface area contributed by atoms with Crippen LogP contribution >= 0.6 is 0 Å². The van der Waals surface area contributed by atoms with E-state index < -0.39 is 5.97 Å². The first-order valence-electron chi connectivity index (χ1n) is 10.3. The van der Waals surface area contributed by atoms with Crippen LogP contribution < -0.4 is 10.1 Å². The quantitative estimate of drug-likeness (QED) is 0.505. The standard InChI is InChI=1S/C22H32N2O5/c1-4-5-10-28-19-8-6-18(7-9-19)22(27)23-12-21(26)29-15-20(25)24-13-16(2)11-17(3)14-24/h6-9,16-17H,4-5,10-15H2,1-3H3,(H,23,27)/t16-,17-/m0/s1. The topological polar surface area (TPSA) is 84.9 Å². The largest absolute Gasteiger partial charge is 0.494 e. The molecule has 1 aliphatic heterocycles. The summed E-state index contributed by atoms with van der Waals surface area (Å²) in [6, 6.07) is 6.73. The fraction of sp³-hybridized carbons (Fsp3) is 0.591. The van der Waals surface area contributed by atoms with E-state index in [1.165, 1.54) is 0 Å². The summed E-state index contributed by atoms with van der Waals surface area (Å²) in [5.74, 6) is 0.384. The number of esters is 1. The van der Waals surface area contributed by atoms with Crippen LogP contribution in [0.3, 0.4) is 0 Å². The molecule has 2 rings (SSSR count). The highest BCUT2D eigenvalue weighted by Crippen LogP contribution is 2.20. The van der Waals surface area contributed by atoms with Crippen LogP contribution in [0.15, 0.2) is 24.3 Å². The molecule has 1 heterocycles. The van der Waals surface area contributed by atoms with Gasteiger partial charge in [-0.3, -0.25) is 14.4 Å². The van der Waals surface area contributed by atoms with Crippen molar-refractivity contribution in [3.8, 4) is 5.75 Å². The lowest BCUT2D eigenvalue weighted by molar-refractivity contribution is -0.152. The molecule has 2 atom stereocenters. The maximum atomic E-state index is 12.2. The molecule has 0 bridgehead atoms. The van der Waals surface area contributed by atoms with E-state index in [2.05, 4.69) is 26.1 Å². The zero-order chi connectivity index (χ0) is 21.2. The molecule has 7 heteroatoms. The van der Waals surface area contributed by atoms with Crippen molar-refractivity contribution >= 4 is 17.8 Å². The maximum Gasteiger partial charge on any atom is 0.325 e. The van der Waals surface area contributed by atoms with Crippen LogP contribution in [0.2, 0.25) is 0 Å². The molecular weight excluding hydrogens is 372 g/mol. The molecule has 1 N–H and O–H groups in total. The van der Waals surface area contributed by atoms with E-state index in [1.54, 1.807) is 29.2 Å². The fourth-order valence-corrected chi connectivity index (χ4v) is 3.44. The Morgan fingerprint density at radius 1 is 1.10 bits per heavy atom. The van der Waals surface area contributed by atoms with E-state index in [0.29, 0.717) is 42.8 Å². The van der Waals surface area contributed by atoms with Crippen molar-refractivity contribution in [2.24, 2.45) is 11.8 Å². The molecule has 1 saturated heterocycles. The van der Waals surface area contributed by atoms with Crippen molar-refractivity contribution in [1.29, 1.82) is 0 Å². The molecule has 0 aliphatic carbocycles. The Morgan fingerprint density at radius 2 is 1.76 bits per heavy atom. The third kappa shape index (κ3) is 7.75. The van der Waals surface area contributed by atoms with E-state index in [9.17, 15) is 14.4 Å². The number of nitrogens with zero attached hydrogens (tertiary/aromatic N) is 1. The molecule has 29 heavy (non-hydrogen) atoms. The van der Waals surface area contributed by atoms with Gasteiger partial charge in [0.1, 0.15) is 12.3 Å². The fourth-order valence-electron chi connectivity index (χ4n) is 3.44. The molecule has 0 unspecified atom stereocenters. The van der Waals surface area contributed by atoms with Gasteiger partial charge in [-0.15, -0.1) is 0 Å². The normalized spacial score (nSPS) is 18.8. The van der Waals surface area contributed by atoms with E-state index >= 15 is 0 Å². The van der Waals surface area contributed by atoms with E-state index in [0.717, 1.165) is 19.3 Å². The number of carbonyl (C=O) groups is 3. The molecule has 0 radical (unpaired) electrons. The van der Waals surface area contributed by atoms with Crippen molar-refractivity contribution < 1.29 is 23.9 Å². The second-order valence-electron chi connectivity index (χ2n) is 7.81. The summed E-state index contributed by atoms with van der Waals surface area (Å²) >= 11 is 0. The molecule has 0 spiro atoms. The number of hydrogen-bond acceptors (Lipinski definition) is 5.